The van der Waals surface area contributed by atoms with Crippen LogP contribution in [0.25, 0.3) is 0 Å². The molecule has 0 aliphatic rings. The highest BCUT2D eigenvalue weighted by molar-refractivity contribution is 5.20. The predicted molar refractivity (Wildman–Crippen MR) is 65.1 cm³/mol. The van der Waals surface area contributed by atoms with Gasteiger partial charge in [-0.05, 0) is 30.7 Å². The largest absolute Gasteiger partial charge is 0.335 e. The van der Waals surface area contributed by atoms with Crippen LogP contribution in [0.1, 0.15) is 17.8 Å². The monoisotopic (exact) mass is 233 g/mol. The van der Waals surface area contributed by atoms with Crippen LogP contribution < -0.4 is 5.73 Å². The lowest BCUT2D eigenvalue weighted by molar-refractivity contribution is 0.620. The summed E-state index contributed by atoms with van der Waals surface area (Å²) < 4.78 is 14.9. The fourth-order valence-electron chi connectivity index (χ4n) is 1.76. The van der Waals surface area contributed by atoms with Gasteiger partial charge in [0.1, 0.15) is 11.6 Å². The first kappa shape index (κ1) is 11.8. The molecule has 1 aromatic carbocycles. The average molecular weight is 233 g/mol. The van der Waals surface area contributed by atoms with Gasteiger partial charge in [-0.25, -0.2) is 9.37 Å². The van der Waals surface area contributed by atoms with Crippen LogP contribution in [0.15, 0.2) is 36.7 Å². The van der Waals surface area contributed by atoms with Crippen molar-refractivity contribution < 1.29 is 4.39 Å². The summed E-state index contributed by atoms with van der Waals surface area (Å²) in [5, 5.41) is 0. The van der Waals surface area contributed by atoms with Gasteiger partial charge in [0, 0.05) is 25.4 Å². The molecule has 3 nitrogen and oxygen atoms in total. The number of hydrogen-bond donors (Lipinski definition) is 1. The van der Waals surface area contributed by atoms with Gasteiger partial charge in [0.25, 0.3) is 0 Å². The highest BCUT2D eigenvalue weighted by Crippen LogP contribution is 2.09. The molecule has 0 aliphatic carbocycles. The molecule has 0 bridgehead atoms. The quantitative estimate of drug-likeness (QED) is 0.858. The van der Waals surface area contributed by atoms with Crippen LogP contribution in [-0.2, 0) is 13.0 Å². The minimum absolute atomic E-state index is 0.208. The highest BCUT2D eigenvalue weighted by atomic mass is 19.1. The van der Waals surface area contributed by atoms with Crippen molar-refractivity contribution in [1.29, 1.82) is 0 Å². The van der Waals surface area contributed by atoms with Gasteiger partial charge >= 0.3 is 0 Å². The van der Waals surface area contributed by atoms with Crippen molar-refractivity contribution in [3.8, 4) is 0 Å². The van der Waals surface area contributed by atoms with Gasteiger partial charge in [0.05, 0.1) is 0 Å². The third-order valence-electron chi connectivity index (χ3n) is 2.68. The van der Waals surface area contributed by atoms with E-state index >= 15 is 0 Å². The molecule has 1 aromatic heterocycles. The summed E-state index contributed by atoms with van der Waals surface area (Å²) in [7, 11) is 0. The van der Waals surface area contributed by atoms with Crippen LogP contribution in [0.4, 0.5) is 4.39 Å². The van der Waals surface area contributed by atoms with Gasteiger partial charge in [0.2, 0.25) is 0 Å². The molecule has 0 aliphatic heterocycles. The van der Waals surface area contributed by atoms with Crippen molar-refractivity contribution in [1.82, 2.24) is 9.55 Å². The molecule has 1 heterocycles. The van der Waals surface area contributed by atoms with Gasteiger partial charge < -0.3 is 10.3 Å². The molecular weight excluding hydrogens is 217 g/mol. The second-order valence-electron chi connectivity index (χ2n) is 3.98. The van der Waals surface area contributed by atoms with E-state index in [1.807, 2.05) is 6.20 Å². The van der Waals surface area contributed by atoms with Crippen molar-refractivity contribution in [3.05, 3.63) is 53.9 Å². The third-order valence-corrected chi connectivity index (χ3v) is 2.68. The average Bonchev–Trinajstić information content (AvgIpc) is 2.77. The summed E-state index contributed by atoms with van der Waals surface area (Å²) in [5.41, 5.74) is 6.55. The molecule has 0 atom stereocenters. The molecule has 0 amide bonds. The normalized spacial score (nSPS) is 10.7. The van der Waals surface area contributed by atoms with Crippen molar-refractivity contribution >= 4 is 0 Å². The molecule has 0 unspecified atom stereocenters. The molecule has 90 valence electrons. The summed E-state index contributed by atoms with van der Waals surface area (Å²) in [6.45, 7) is 1.56. The van der Waals surface area contributed by atoms with Crippen LogP contribution in [0.5, 0.6) is 0 Å². The summed E-state index contributed by atoms with van der Waals surface area (Å²) >= 11 is 0. The zero-order valence-electron chi connectivity index (χ0n) is 9.64. The first-order chi connectivity index (χ1) is 8.29. The molecule has 0 saturated carbocycles. The summed E-state index contributed by atoms with van der Waals surface area (Å²) in [6.07, 6.45) is 5.40. The van der Waals surface area contributed by atoms with E-state index in [1.54, 1.807) is 18.3 Å². The second kappa shape index (κ2) is 5.59. The molecule has 17 heavy (non-hydrogen) atoms. The number of aryl methyl sites for hydroxylation is 1. The standard InChI is InChI=1S/C13H16FN3/c14-12-4-2-11(3-5-12)10-13-16-7-9-17(13)8-1-6-15/h2-5,7,9H,1,6,8,10,15H2. The number of aromatic nitrogens is 2. The van der Waals surface area contributed by atoms with Crippen LogP contribution >= 0.6 is 0 Å². The molecule has 4 heteroatoms. The van der Waals surface area contributed by atoms with Crippen molar-refractivity contribution in [2.24, 2.45) is 5.73 Å². The Bertz CT molecular complexity index is 462. The molecule has 0 saturated heterocycles. The molecule has 2 N–H and O–H groups in total. The van der Waals surface area contributed by atoms with Gasteiger partial charge in [0.15, 0.2) is 0 Å². The van der Waals surface area contributed by atoms with Crippen molar-refractivity contribution in [3.63, 3.8) is 0 Å². The Morgan fingerprint density at radius 2 is 2.00 bits per heavy atom. The van der Waals surface area contributed by atoms with E-state index in [0.717, 1.165) is 30.8 Å². The molecule has 0 radical (unpaired) electrons. The maximum absolute atomic E-state index is 12.8. The Morgan fingerprint density at radius 3 is 2.71 bits per heavy atom. The van der Waals surface area contributed by atoms with Gasteiger partial charge in [-0.2, -0.15) is 0 Å². The van der Waals surface area contributed by atoms with Gasteiger partial charge in [-0.15, -0.1) is 0 Å². The number of imidazole rings is 1. The van der Waals surface area contributed by atoms with Crippen LogP contribution in [0, 0.1) is 5.82 Å². The lowest BCUT2D eigenvalue weighted by Gasteiger charge is -2.07. The second-order valence-corrected chi connectivity index (χ2v) is 3.98. The summed E-state index contributed by atoms with van der Waals surface area (Å²) in [6, 6.07) is 6.53. The maximum atomic E-state index is 12.8. The minimum Gasteiger partial charge on any atom is -0.335 e. The third kappa shape index (κ3) is 3.14. The number of halogens is 1. The fraction of sp³-hybridized carbons (Fsp3) is 0.308. The molecule has 0 fully saturated rings. The van der Waals surface area contributed by atoms with E-state index in [1.165, 1.54) is 12.1 Å². The lowest BCUT2D eigenvalue weighted by atomic mass is 10.1. The smallest absolute Gasteiger partial charge is 0.123 e. The Balaban J connectivity index is 2.07. The minimum atomic E-state index is -0.208. The zero-order valence-corrected chi connectivity index (χ0v) is 9.64. The summed E-state index contributed by atoms with van der Waals surface area (Å²) in [5.74, 6) is 0.783. The van der Waals surface area contributed by atoms with E-state index < -0.39 is 0 Å². The first-order valence-corrected chi connectivity index (χ1v) is 5.74. The highest BCUT2D eigenvalue weighted by Gasteiger charge is 2.03. The number of benzene rings is 1. The van der Waals surface area contributed by atoms with Crippen molar-refractivity contribution in [2.75, 3.05) is 6.54 Å². The van der Waals surface area contributed by atoms with E-state index in [4.69, 9.17) is 5.73 Å². The SMILES string of the molecule is NCCCn1ccnc1Cc1ccc(F)cc1. The van der Waals surface area contributed by atoms with Crippen LogP contribution in [-0.4, -0.2) is 16.1 Å². The van der Waals surface area contributed by atoms with Crippen molar-refractivity contribution in [2.45, 2.75) is 19.4 Å². The van der Waals surface area contributed by atoms with E-state index in [-0.39, 0.29) is 5.82 Å². The lowest BCUT2D eigenvalue weighted by Crippen LogP contribution is -2.08. The maximum Gasteiger partial charge on any atom is 0.123 e. The molecule has 2 rings (SSSR count). The fourth-order valence-corrected chi connectivity index (χ4v) is 1.76. The molecule has 0 spiro atoms. The zero-order chi connectivity index (χ0) is 12.1. The Kier molecular flexibility index (Phi) is 3.88. The number of hydrogen-bond acceptors (Lipinski definition) is 2. The van der Waals surface area contributed by atoms with Crippen LogP contribution in [0.3, 0.4) is 0 Å². The first-order valence-electron chi connectivity index (χ1n) is 5.74. The topological polar surface area (TPSA) is 43.8 Å². The molecule has 2 aromatic rings. The number of nitrogens with two attached hydrogens (primary N) is 1. The van der Waals surface area contributed by atoms with E-state index in [9.17, 15) is 4.39 Å². The Labute approximate surface area is 100 Å². The van der Waals surface area contributed by atoms with E-state index in [0.29, 0.717) is 6.54 Å². The Hall–Kier alpha value is -1.68. The van der Waals surface area contributed by atoms with Gasteiger partial charge in [-0.1, -0.05) is 12.1 Å². The predicted octanol–water partition coefficient (Wildman–Crippen LogP) is 1.96. The van der Waals surface area contributed by atoms with Crippen LogP contribution in [0.2, 0.25) is 0 Å². The Morgan fingerprint density at radius 1 is 1.24 bits per heavy atom. The van der Waals surface area contributed by atoms with E-state index in [2.05, 4.69) is 9.55 Å². The summed E-state index contributed by atoms with van der Waals surface area (Å²) in [4.78, 5) is 4.32. The molecular formula is C13H16FN3. The number of rotatable bonds is 5. The number of nitrogens with zero attached hydrogens (tertiary/aromatic N) is 2. The van der Waals surface area contributed by atoms with Gasteiger partial charge in [-0.3, -0.25) is 0 Å².